The van der Waals surface area contributed by atoms with Crippen molar-refractivity contribution in [3.05, 3.63) is 52.5 Å². The predicted molar refractivity (Wildman–Crippen MR) is 107 cm³/mol. The highest BCUT2D eigenvalue weighted by Crippen LogP contribution is 2.27. The second-order valence-corrected chi connectivity index (χ2v) is 6.48. The van der Waals surface area contributed by atoms with E-state index in [1.807, 2.05) is 0 Å². The molecule has 0 heterocycles. The first-order valence-electron chi connectivity index (χ1n) is 8.22. The molecular weight excluding hydrogens is 407 g/mol. The van der Waals surface area contributed by atoms with Gasteiger partial charge in [0.05, 0.1) is 19.2 Å². The molecule has 28 heavy (non-hydrogen) atoms. The molecule has 2 amide bonds. The molecular formula is C19H18Cl2N2O5. The summed E-state index contributed by atoms with van der Waals surface area (Å²) in [4.78, 5) is 35.5. The number of hydrogen-bond donors (Lipinski definition) is 2. The fourth-order valence-electron chi connectivity index (χ4n) is 2.19. The number of halogens is 2. The van der Waals surface area contributed by atoms with Gasteiger partial charge in [0.15, 0.2) is 6.61 Å². The molecule has 0 aromatic heterocycles. The van der Waals surface area contributed by atoms with Crippen molar-refractivity contribution in [2.75, 3.05) is 24.4 Å². The summed E-state index contributed by atoms with van der Waals surface area (Å²) in [5.41, 5.74) is 0.887. The number of amides is 2. The first-order chi connectivity index (χ1) is 13.4. The smallest absolute Gasteiger partial charge is 0.306 e. The second kappa shape index (κ2) is 10.5. The van der Waals surface area contributed by atoms with E-state index < -0.39 is 24.4 Å². The fourth-order valence-corrected chi connectivity index (χ4v) is 2.55. The van der Waals surface area contributed by atoms with E-state index in [1.165, 1.54) is 13.2 Å². The predicted octanol–water partition coefficient (Wildman–Crippen LogP) is 3.90. The quantitative estimate of drug-likeness (QED) is 0.626. The van der Waals surface area contributed by atoms with Gasteiger partial charge in [-0.3, -0.25) is 14.4 Å². The van der Waals surface area contributed by atoms with Crippen LogP contribution in [-0.4, -0.2) is 31.5 Å². The Bertz CT molecular complexity index is 873. The monoisotopic (exact) mass is 424 g/mol. The maximum Gasteiger partial charge on any atom is 0.306 e. The molecule has 0 bridgehead atoms. The lowest BCUT2D eigenvalue weighted by Gasteiger charge is -2.10. The molecule has 2 aromatic rings. The third-order valence-corrected chi connectivity index (χ3v) is 3.93. The van der Waals surface area contributed by atoms with E-state index in [-0.39, 0.29) is 12.8 Å². The van der Waals surface area contributed by atoms with Crippen molar-refractivity contribution in [3.63, 3.8) is 0 Å². The van der Waals surface area contributed by atoms with Gasteiger partial charge in [-0.1, -0.05) is 29.3 Å². The van der Waals surface area contributed by atoms with Crippen LogP contribution in [0.4, 0.5) is 11.4 Å². The standard InChI is InChI=1S/C19H18Cl2N2O5/c1-27-16-6-5-13(21)10-15(16)23-17(24)7-8-19(26)28-11-18(25)22-14-4-2-3-12(20)9-14/h2-6,9-10H,7-8,11H2,1H3,(H,22,25)(H,23,24). The summed E-state index contributed by atoms with van der Waals surface area (Å²) in [5.74, 6) is -1.16. The van der Waals surface area contributed by atoms with Crippen molar-refractivity contribution in [1.29, 1.82) is 0 Å². The van der Waals surface area contributed by atoms with Gasteiger partial charge >= 0.3 is 5.97 Å². The van der Waals surface area contributed by atoms with Gasteiger partial charge < -0.3 is 20.1 Å². The van der Waals surface area contributed by atoms with Gasteiger partial charge in [-0.15, -0.1) is 0 Å². The van der Waals surface area contributed by atoms with Crippen LogP contribution < -0.4 is 15.4 Å². The van der Waals surface area contributed by atoms with Gasteiger partial charge in [-0.05, 0) is 36.4 Å². The number of carbonyl (C=O) groups excluding carboxylic acids is 3. The van der Waals surface area contributed by atoms with E-state index in [4.69, 9.17) is 32.7 Å². The van der Waals surface area contributed by atoms with Crippen molar-refractivity contribution in [2.45, 2.75) is 12.8 Å². The van der Waals surface area contributed by atoms with Crippen molar-refractivity contribution >= 4 is 52.4 Å². The lowest BCUT2D eigenvalue weighted by atomic mass is 10.2. The van der Waals surface area contributed by atoms with Gasteiger partial charge in [0.2, 0.25) is 5.91 Å². The Labute approximate surface area is 171 Å². The lowest BCUT2D eigenvalue weighted by Crippen LogP contribution is -2.21. The molecule has 0 spiro atoms. The summed E-state index contributed by atoms with van der Waals surface area (Å²) in [6, 6.07) is 11.3. The van der Waals surface area contributed by atoms with Crippen LogP contribution in [0.2, 0.25) is 10.0 Å². The number of methoxy groups -OCH3 is 1. The van der Waals surface area contributed by atoms with Crippen molar-refractivity contribution in [3.8, 4) is 5.75 Å². The highest BCUT2D eigenvalue weighted by molar-refractivity contribution is 6.31. The van der Waals surface area contributed by atoms with Crippen LogP contribution in [0, 0.1) is 0 Å². The van der Waals surface area contributed by atoms with Crippen LogP contribution in [0.3, 0.4) is 0 Å². The van der Waals surface area contributed by atoms with Crippen molar-refractivity contribution in [2.24, 2.45) is 0 Å². The molecule has 0 aliphatic rings. The maximum absolute atomic E-state index is 12.0. The Balaban J connectivity index is 1.74. The molecule has 0 fully saturated rings. The topological polar surface area (TPSA) is 93.7 Å². The zero-order valence-corrected chi connectivity index (χ0v) is 16.5. The Morgan fingerprint density at radius 3 is 2.39 bits per heavy atom. The van der Waals surface area contributed by atoms with E-state index in [2.05, 4.69) is 10.6 Å². The van der Waals surface area contributed by atoms with E-state index in [0.29, 0.717) is 27.2 Å². The fraction of sp³-hybridized carbons (Fsp3) is 0.211. The number of benzene rings is 2. The average molecular weight is 425 g/mol. The van der Waals surface area contributed by atoms with E-state index in [9.17, 15) is 14.4 Å². The Morgan fingerprint density at radius 2 is 1.68 bits per heavy atom. The number of hydrogen-bond acceptors (Lipinski definition) is 5. The average Bonchev–Trinajstić information content (AvgIpc) is 2.65. The summed E-state index contributed by atoms with van der Waals surface area (Å²) >= 11 is 11.7. The highest BCUT2D eigenvalue weighted by atomic mass is 35.5. The van der Waals surface area contributed by atoms with Gasteiger partial charge in [0.25, 0.3) is 5.91 Å². The molecule has 0 radical (unpaired) electrons. The van der Waals surface area contributed by atoms with Crippen LogP contribution in [0.5, 0.6) is 5.75 Å². The molecule has 0 saturated carbocycles. The van der Waals surface area contributed by atoms with E-state index in [1.54, 1.807) is 36.4 Å². The number of nitrogens with one attached hydrogen (secondary N) is 2. The van der Waals surface area contributed by atoms with Crippen LogP contribution in [0.15, 0.2) is 42.5 Å². The molecule has 2 N–H and O–H groups in total. The lowest BCUT2D eigenvalue weighted by molar-refractivity contribution is -0.147. The largest absolute Gasteiger partial charge is 0.495 e. The number of anilines is 2. The van der Waals surface area contributed by atoms with Gasteiger partial charge in [0.1, 0.15) is 5.75 Å². The SMILES string of the molecule is COc1ccc(Cl)cc1NC(=O)CCC(=O)OCC(=O)Nc1cccc(Cl)c1. The van der Waals surface area contributed by atoms with Gasteiger partial charge in [0, 0.05) is 22.2 Å². The molecule has 2 rings (SSSR count). The van der Waals surface area contributed by atoms with Crippen LogP contribution in [-0.2, 0) is 19.1 Å². The number of ether oxygens (including phenoxy) is 2. The normalized spacial score (nSPS) is 10.1. The summed E-state index contributed by atoms with van der Waals surface area (Å²) in [6.45, 7) is -0.463. The van der Waals surface area contributed by atoms with Crippen molar-refractivity contribution in [1.82, 2.24) is 0 Å². The minimum Gasteiger partial charge on any atom is -0.495 e. The third-order valence-electron chi connectivity index (χ3n) is 3.46. The van der Waals surface area contributed by atoms with E-state index in [0.717, 1.165) is 0 Å². The molecule has 0 unspecified atom stereocenters. The van der Waals surface area contributed by atoms with Crippen molar-refractivity contribution < 1.29 is 23.9 Å². The third kappa shape index (κ3) is 7.09. The summed E-state index contributed by atoms with van der Waals surface area (Å²) < 4.78 is 9.99. The van der Waals surface area contributed by atoms with Crippen LogP contribution in [0.25, 0.3) is 0 Å². The zero-order chi connectivity index (χ0) is 20.5. The summed E-state index contributed by atoms with van der Waals surface area (Å²) in [6.07, 6.45) is -0.302. The molecule has 148 valence electrons. The molecule has 9 heteroatoms. The molecule has 0 aliphatic carbocycles. The number of carbonyl (C=O) groups is 3. The molecule has 7 nitrogen and oxygen atoms in total. The zero-order valence-electron chi connectivity index (χ0n) is 15.0. The highest BCUT2D eigenvalue weighted by Gasteiger charge is 2.13. The van der Waals surface area contributed by atoms with Crippen LogP contribution in [0.1, 0.15) is 12.8 Å². The maximum atomic E-state index is 12.0. The first kappa shape index (κ1) is 21.5. The molecule has 0 saturated heterocycles. The Hall–Kier alpha value is -2.77. The second-order valence-electron chi connectivity index (χ2n) is 5.61. The van der Waals surface area contributed by atoms with Gasteiger partial charge in [-0.2, -0.15) is 0 Å². The molecule has 0 atom stereocenters. The van der Waals surface area contributed by atoms with Gasteiger partial charge in [-0.25, -0.2) is 0 Å². The summed E-state index contributed by atoms with van der Waals surface area (Å²) in [5, 5.41) is 6.06. The number of rotatable bonds is 8. The Morgan fingerprint density at radius 1 is 0.929 bits per heavy atom. The first-order valence-corrected chi connectivity index (χ1v) is 8.97. The minimum atomic E-state index is -0.672. The molecule has 2 aromatic carbocycles. The van der Waals surface area contributed by atoms with E-state index >= 15 is 0 Å². The van der Waals surface area contributed by atoms with Crippen LogP contribution >= 0.6 is 23.2 Å². The number of esters is 1. The summed E-state index contributed by atoms with van der Waals surface area (Å²) in [7, 11) is 1.46. The molecule has 0 aliphatic heterocycles. The Kier molecular flexibility index (Phi) is 8.10. The minimum absolute atomic E-state index is 0.121.